The monoisotopic (exact) mass is 410 g/mol. The third-order valence-electron chi connectivity index (χ3n) is 5.09. The lowest BCUT2D eigenvalue weighted by atomic mass is 10.1. The first-order chi connectivity index (χ1) is 13.4. The summed E-state index contributed by atoms with van der Waals surface area (Å²) in [6.45, 7) is 2.07. The van der Waals surface area contributed by atoms with Crippen molar-refractivity contribution in [2.45, 2.75) is 29.9 Å². The van der Waals surface area contributed by atoms with Crippen molar-refractivity contribution in [2.24, 2.45) is 0 Å². The van der Waals surface area contributed by atoms with Crippen LogP contribution in [-0.2, 0) is 4.74 Å². The average Bonchev–Trinajstić information content (AvgIpc) is 3.47. The van der Waals surface area contributed by atoms with Gasteiger partial charge in [0.15, 0.2) is 5.82 Å². The van der Waals surface area contributed by atoms with Crippen molar-refractivity contribution in [1.29, 1.82) is 0 Å². The lowest BCUT2D eigenvalue weighted by Crippen LogP contribution is -2.41. The van der Waals surface area contributed by atoms with Crippen molar-refractivity contribution < 1.29 is 23.4 Å². The van der Waals surface area contributed by atoms with E-state index in [1.54, 1.807) is 0 Å². The lowest BCUT2D eigenvalue weighted by Gasteiger charge is -2.29. The van der Waals surface area contributed by atoms with Crippen LogP contribution in [0.25, 0.3) is 10.9 Å². The van der Waals surface area contributed by atoms with Crippen LogP contribution in [0.3, 0.4) is 0 Å². The lowest BCUT2D eigenvalue weighted by molar-refractivity contribution is -0.00599. The molecule has 2 aliphatic rings. The Kier molecular flexibility index (Phi) is 5.15. The third-order valence-corrected chi connectivity index (χ3v) is 6.29. The number of likely N-dealkylation sites (N-methyl/N-ethyl adjacent to an activating group) is 1. The molecule has 150 valence electrons. The minimum absolute atomic E-state index is 0.0249. The summed E-state index contributed by atoms with van der Waals surface area (Å²) in [5, 5.41) is 9.04. The number of aromatic carboxylic acids is 1. The van der Waals surface area contributed by atoms with Crippen LogP contribution in [0.15, 0.2) is 22.0 Å². The van der Waals surface area contributed by atoms with Crippen LogP contribution in [0.5, 0.6) is 0 Å². The molecule has 0 spiro atoms. The number of hydrogen-bond donors (Lipinski definition) is 1. The maximum Gasteiger partial charge on any atom is 0.341 e. The number of carbonyl (C=O) groups is 1. The van der Waals surface area contributed by atoms with Crippen molar-refractivity contribution in [1.82, 2.24) is 9.47 Å². The standard InChI is InChI=1S/C19H20F2N2O4S/c1-22-4-5-27-11(7-22)9-28-18-14(20)6-12-16(15(18)21)23(10-2-3-10)8-13(17(12)24)19(25)26/h6,8,10-11H,2-5,7,9H2,1H3,(H,25,26). The van der Waals surface area contributed by atoms with Gasteiger partial charge in [-0.1, -0.05) is 0 Å². The molecule has 1 N–H and O–H groups in total. The summed E-state index contributed by atoms with van der Waals surface area (Å²) in [6.07, 6.45) is 2.56. The smallest absolute Gasteiger partial charge is 0.341 e. The highest BCUT2D eigenvalue weighted by Crippen LogP contribution is 2.39. The third kappa shape index (κ3) is 3.54. The summed E-state index contributed by atoms with van der Waals surface area (Å²) in [5.41, 5.74) is -1.37. The van der Waals surface area contributed by atoms with Crippen molar-refractivity contribution in [3.8, 4) is 0 Å². The fraction of sp³-hybridized carbons (Fsp3) is 0.474. The summed E-state index contributed by atoms with van der Waals surface area (Å²) < 4.78 is 37.1. The molecule has 1 unspecified atom stereocenters. The number of carboxylic acids is 1. The molecule has 0 amide bonds. The highest BCUT2D eigenvalue weighted by molar-refractivity contribution is 7.99. The predicted molar refractivity (Wildman–Crippen MR) is 101 cm³/mol. The summed E-state index contributed by atoms with van der Waals surface area (Å²) >= 11 is 1.02. The molecule has 9 heteroatoms. The SMILES string of the molecule is CN1CCOC(CSc2c(F)cc3c(=O)c(C(=O)O)cn(C4CC4)c3c2F)C1. The highest BCUT2D eigenvalue weighted by atomic mass is 32.2. The fourth-order valence-corrected chi connectivity index (χ4v) is 4.47. The van der Waals surface area contributed by atoms with Crippen molar-refractivity contribution >= 4 is 28.6 Å². The Bertz CT molecular complexity index is 1010. The molecule has 2 aromatic rings. The van der Waals surface area contributed by atoms with Gasteiger partial charge < -0.3 is 19.3 Å². The van der Waals surface area contributed by atoms with Crippen molar-refractivity contribution in [2.75, 3.05) is 32.5 Å². The molecule has 1 saturated carbocycles. The summed E-state index contributed by atoms with van der Waals surface area (Å²) in [4.78, 5) is 25.8. The van der Waals surface area contributed by atoms with E-state index in [2.05, 4.69) is 4.90 Å². The van der Waals surface area contributed by atoms with Gasteiger partial charge in [0.2, 0.25) is 5.43 Å². The molecule has 1 aromatic carbocycles. The van der Waals surface area contributed by atoms with E-state index in [-0.39, 0.29) is 27.9 Å². The van der Waals surface area contributed by atoms with E-state index >= 15 is 4.39 Å². The van der Waals surface area contributed by atoms with Crippen LogP contribution in [-0.4, -0.2) is 59.1 Å². The Morgan fingerprint density at radius 3 is 2.79 bits per heavy atom. The van der Waals surface area contributed by atoms with E-state index < -0.39 is 28.6 Å². The van der Waals surface area contributed by atoms with Gasteiger partial charge in [-0.05, 0) is 26.0 Å². The first-order valence-electron chi connectivity index (χ1n) is 9.10. The maximum absolute atomic E-state index is 15.3. The molecule has 1 aliphatic heterocycles. The Morgan fingerprint density at radius 1 is 1.39 bits per heavy atom. The van der Waals surface area contributed by atoms with Crippen LogP contribution >= 0.6 is 11.8 Å². The van der Waals surface area contributed by atoms with E-state index in [9.17, 15) is 19.1 Å². The van der Waals surface area contributed by atoms with E-state index in [1.807, 2.05) is 7.05 Å². The van der Waals surface area contributed by atoms with E-state index in [4.69, 9.17) is 4.74 Å². The van der Waals surface area contributed by atoms with Crippen LogP contribution in [0.2, 0.25) is 0 Å². The number of morpholine rings is 1. The Balaban J connectivity index is 1.76. The van der Waals surface area contributed by atoms with Gasteiger partial charge in [-0.25, -0.2) is 13.6 Å². The number of nitrogens with zero attached hydrogens (tertiary/aromatic N) is 2. The number of rotatable bonds is 5. The average molecular weight is 410 g/mol. The minimum Gasteiger partial charge on any atom is -0.477 e. The number of halogens is 2. The Hall–Kier alpha value is -1.97. The van der Waals surface area contributed by atoms with Gasteiger partial charge in [0.25, 0.3) is 0 Å². The number of fused-ring (bicyclic) bond motifs is 1. The Labute approximate surface area is 164 Å². The summed E-state index contributed by atoms with van der Waals surface area (Å²) in [5.74, 6) is -2.70. The minimum atomic E-state index is -1.40. The number of pyridine rings is 1. The van der Waals surface area contributed by atoms with Crippen LogP contribution in [0.1, 0.15) is 29.2 Å². The molecular weight excluding hydrogens is 390 g/mol. The maximum atomic E-state index is 15.3. The van der Waals surface area contributed by atoms with Gasteiger partial charge in [-0.3, -0.25) is 4.79 Å². The molecule has 4 rings (SSSR count). The van der Waals surface area contributed by atoms with Crippen LogP contribution in [0, 0.1) is 11.6 Å². The summed E-state index contributed by atoms with van der Waals surface area (Å²) in [7, 11) is 1.96. The second-order valence-electron chi connectivity index (χ2n) is 7.28. The molecule has 1 saturated heterocycles. The molecule has 1 atom stereocenters. The number of carboxylic acid groups (broad SMARTS) is 1. The normalized spacial score (nSPS) is 20.6. The predicted octanol–water partition coefficient (Wildman–Crippen LogP) is 2.74. The number of ether oxygens (including phenoxy) is 1. The van der Waals surface area contributed by atoms with E-state index in [1.165, 1.54) is 10.8 Å². The second-order valence-corrected chi connectivity index (χ2v) is 8.31. The molecule has 0 radical (unpaired) electrons. The van der Waals surface area contributed by atoms with Gasteiger partial charge in [0.05, 0.1) is 28.5 Å². The molecule has 6 nitrogen and oxygen atoms in total. The molecule has 28 heavy (non-hydrogen) atoms. The van der Waals surface area contributed by atoms with Gasteiger partial charge in [-0.15, -0.1) is 11.8 Å². The molecule has 0 bridgehead atoms. The van der Waals surface area contributed by atoms with Gasteiger partial charge in [-0.2, -0.15) is 0 Å². The van der Waals surface area contributed by atoms with Gasteiger partial charge in [0.1, 0.15) is 11.4 Å². The largest absolute Gasteiger partial charge is 0.477 e. The first-order valence-corrected chi connectivity index (χ1v) is 10.1. The quantitative estimate of drug-likeness (QED) is 0.765. The number of thioether (sulfide) groups is 1. The van der Waals surface area contributed by atoms with Crippen LogP contribution < -0.4 is 5.43 Å². The molecule has 2 fully saturated rings. The second kappa shape index (κ2) is 7.46. The summed E-state index contributed by atoms with van der Waals surface area (Å²) in [6, 6.07) is 0.886. The van der Waals surface area contributed by atoms with Crippen molar-refractivity contribution in [3.63, 3.8) is 0 Å². The van der Waals surface area contributed by atoms with Gasteiger partial charge in [0, 0.05) is 31.1 Å². The number of aromatic nitrogens is 1. The van der Waals surface area contributed by atoms with E-state index in [0.29, 0.717) is 18.9 Å². The number of hydrogen-bond acceptors (Lipinski definition) is 5. The topological polar surface area (TPSA) is 71.8 Å². The highest BCUT2D eigenvalue weighted by Gasteiger charge is 2.30. The van der Waals surface area contributed by atoms with Gasteiger partial charge >= 0.3 is 5.97 Å². The molecule has 1 aromatic heterocycles. The zero-order valence-corrected chi connectivity index (χ0v) is 16.1. The zero-order chi connectivity index (χ0) is 20.0. The molecular formula is C19H20F2N2O4S. The molecule has 2 heterocycles. The van der Waals surface area contributed by atoms with Crippen molar-refractivity contribution in [3.05, 3.63) is 39.7 Å². The zero-order valence-electron chi connectivity index (χ0n) is 15.3. The first kappa shape index (κ1) is 19.4. The van der Waals surface area contributed by atoms with Crippen LogP contribution in [0.4, 0.5) is 8.78 Å². The molecule has 1 aliphatic carbocycles. The fourth-order valence-electron chi connectivity index (χ4n) is 3.49. The van der Waals surface area contributed by atoms with E-state index in [0.717, 1.165) is 37.2 Å². The number of benzene rings is 1. The Morgan fingerprint density at radius 2 is 2.14 bits per heavy atom.